The van der Waals surface area contributed by atoms with Crippen LogP contribution in [0.2, 0.25) is 0 Å². The summed E-state index contributed by atoms with van der Waals surface area (Å²) in [7, 11) is 0. The normalized spacial score (nSPS) is 8.69. The molecule has 1 rings (SSSR count). The zero-order valence-electron chi connectivity index (χ0n) is 7.66. The predicted molar refractivity (Wildman–Crippen MR) is 54.2 cm³/mol. The van der Waals surface area contributed by atoms with Gasteiger partial charge in [0.1, 0.15) is 6.61 Å². The van der Waals surface area contributed by atoms with Crippen molar-refractivity contribution < 1.29 is 9.84 Å². The number of phenols is 1. The van der Waals surface area contributed by atoms with Crippen LogP contribution in [0.5, 0.6) is 11.5 Å². The highest BCUT2D eigenvalue weighted by Gasteiger charge is 1.98. The van der Waals surface area contributed by atoms with E-state index in [1.165, 1.54) is 0 Å². The molecular formula is C10H12AlO2. The molecular weight excluding hydrogens is 179 g/mol. The van der Waals surface area contributed by atoms with E-state index in [-0.39, 0.29) is 23.1 Å². The fraction of sp³-hybridized carbons (Fsp3) is 0.200. The minimum atomic E-state index is 0. The van der Waals surface area contributed by atoms with Crippen LogP contribution in [0.1, 0.15) is 6.92 Å². The summed E-state index contributed by atoms with van der Waals surface area (Å²) in [6.45, 7) is 6.01. The van der Waals surface area contributed by atoms with E-state index < -0.39 is 0 Å². The molecule has 0 bridgehead atoms. The standard InChI is InChI=1S/C10H12O2.Al/c1-8(2)7-12-10-6-4-3-5-9(10)11;/h3-6,11H,1,7H2,2H3;. The maximum atomic E-state index is 9.27. The zero-order valence-corrected chi connectivity index (χ0v) is 8.81. The second kappa shape index (κ2) is 5.69. The molecule has 67 valence electrons. The van der Waals surface area contributed by atoms with Crippen molar-refractivity contribution in [2.45, 2.75) is 6.92 Å². The van der Waals surface area contributed by atoms with E-state index in [4.69, 9.17) is 4.74 Å². The third kappa shape index (κ3) is 4.03. The lowest BCUT2D eigenvalue weighted by Crippen LogP contribution is -1.97. The number of hydrogen-bond acceptors (Lipinski definition) is 2. The number of para-hydroxylation sites is 2. The first kappa shape index (κ1) is 12.1. The van der Waals surface area contributed by atoms with Gasteiger partial charge in [-0.25, -0.2) is 0 Å². The molecule has 0 aliphatic carbocycles. The average molecular weight is 191 g/mol. The summed E-state index contributed by atoms with van der Waals surface area (Å²) in [5.74, 6) is 0.666. The van der Waals surface area contributed by atoms with Crippen LogP contribution in [0, 0.1) is 0 Å². The summed E-state index contributed by atoms with van der Waals surface area (Å²) in [5.41, 5.74) is 0.929. The Morgan fingerprint density at radius 1 is 1.46 bits per heavy atom. The van der Waals surface area contributed by atoms with Gasteiger partial charge in [-0.3, -0.25) is 0 Å². The van der Waals surface area contributed by atoms with Gasteiger partial charge in [-0.15, -0.1) is 0 Å². The number of phenolic OH excluding ortho intramolecular Hbond substituents is 1. The summed E-state index contributed by atoms with van der Waals surface area (Å²) < 4.78 is 5.25. The first-order valence-electron chi connectivity index (χ1n) is 3.75. The van der Waals surface area contributed by atoms with E-state index in [1.807, 2.05) is 13.0 Å². The highest BCUT2D eigenvalue weighted by molar-refractivity contribution is 5.75. The van der Waals surface area contributed by atoms with Gasteiger partial charge in [0.2, 0.25) is 0 Å². The molecule has 0 heterocycles. The van der Waals surface area contributed by atoms with Crippen molar-refractivity contribution in [3.8, 4) is 11.5 Å². The number of hydrogen-bond donors (Lipinski definition) is 1. The molecule has 0 fully saturated rings. The summed E-state index contributed by atoms with van der Waals surface area (Å²) in [6.07, 6.45) is 0. The van der Waals surface area contributed by atoms with Crippen LogP contribution < -0.4 is 4.74 Å². The third-order valence-corrected chi connectivity index (χ3v) is 1.34. The van der Waals surface area contributed by atoms with Crippen LogP contribution in [0.4, 0.5) is 0 Å². The Bertz CT molecular complexity index is 284. The van der Waals surface area contributed by atoms with Gasteiger partial charge >= 0.3 is 0 Å². The van der Waals surface area contributed by atoms with E-state index >= 15 is 0 Å². The molecule has 0 saturated carbocycles. The molecule has 3 radical (unpaired) electrons. The van der Waals surface area contributed by atoms with Crippen molar-refractivity contribution in [3.05, 3.63) is 36.4 Å². The van der Waals surface area contributed by atoms with Crippen molar-refractivity contribution in [3.63, 3.8) is 0 Å². The van der Waals surface area contributed by atoms with Crippen LogP contribution in [0.3, 0.4) is 0 Å². The molecule has 0 unspecified atom stereocenters. The Morgan fingerprint density at radius 2 is 2.08 bits per heavy atom. The lowest BCUT2D eigenvalue weighted by Gasteiger charge is -2.06. The van der Waals surface area contributed by atoms with Gasteiger partial charge in [-0.05, 0) is 24.6 Å². The number of rotatable bonds is 3. The molecule has 1 N–H and O–H groups in total. The van der Waals surface area contributed by atoms with Gasteiger partial charge in [0.25, 0.3) is 0 Å². The highest BCUT2D eigenvalue weighted by Crippen LogP contribution is 2.24. The van der Waals surface area contributed by atoms with Crippen LogP contribution in [0.15, 0.2) is 36.4 Å². The Balaban J connectivity index is 0.00000144. The molecule has 0 aromatic heterocycles. The molecule has 2 nitrogen and oxygen atoms in total. The molecule has 1 aromatic rings. The van der Waals surface area contributed by atoms with Crippen LogP contribution >= 0.6 is 0 Å². The predicted octanol–water partition coefficient (Wildman–Crippen LogP) is 1.97. The summed E-state index contributed by atoms with van der Waals surface area (Å²) in [4.78, 5) is 0. The van der Waals surface area contributed by atoms with Gasteiger partial charge in [-0.1, -0.05) is 18.7 Å². The second-order valence-corrected chi connectivity index (χ2v) is 2.71. The largest absolute Gasteiger partial charge is 0.504 e. The molecule has 0 saturated heterocycles. The lowest BCUT2D eigenvalue weighted by molar-refractivity contribution is 0.328. The molecule has 0 spiro atoms. The molecule has 0 aliphatic rings. The van der Waals surface area contributed by atoms with Crippen LogP contribution in [0.25, 0.3) is 0 Å². The van der Waals surface area contributed by atoms with Crippen molar-refractivity contribution in [1.29, 1.82) is 0 Å². The molecule has 13 heavy (non-hydrogen) atoms. The van der Waals surface area contributed by atoms with E-state index in [0.29, 0.717) is 12.4 Å². The number of aromatic hydroxyl groups is 1. The summed E-state index contributed by atoms with van der Waals surface area (Å²) in [6, 6.07) is 6.88. The first-order chi connectivity index (χ1) is 5.70. The van der Waals surface area contributed by atoms with Crippen molar-refractivity contribution in [2.24, 2.45) is 0 Å². The molecule has 0 aliphatic heterocycles. The maximum absolute atomic E-state index is 9.27. The smallest absolute Gasteiger partial charge is 0.161 e. The molecule has 1 aromatic carbocycles. The molecule has 3 heteroatoms. The van der Waals surface area contributed by atoms with E-state index in [1.54, 1.807) is 18.2 Å². The first-order valence-corrected chi connectivity index (χ1v) is 3.75. The topological polar surface area (TPSA) is 29.5 Å². The minimum Gasteiger partial charge on any atom is -0.504 e. The molecule has 0 atom stereocenters. The quantitative estimate of drug-likeness (QED) is 0.584. The Hall–Kier alpha value is -0.908. The fourth-order valence-electron chi connectivity index (χ4n) is 0.780. The van der Waals surface area contributed by atoms with Gasteiger partial charge in [0.05, 0.1) is 0 Å². The third-order valence-electron chi connectivity index (χ3n) is 1.34. The van der Waals surface area contributed by atoms with Gasteiger partial charge < -0.3 is 9.84 Å². The van der Waals surface area contributed by atoms with Gasteiger partial charge in [-0.2, -0.15) is 0 Å². The second-order valence-electron chi connectivity index (χ2n) is 2.71. The van der Waals surface area contributed by atoms with Crippen LogP contribution in [-0.4, -0.2) is 29.1 Å². The van der Waals surface area contributed by atoms with Gasteiger partial charge in [0.15, 0.2) is 11.5 Å². The fourth-order valence-corrected chi connectivity index (χ4v) is 0.780. The minimum absolute atomic E-state index is 0. The van der Waals surface area contributed by atoms with E-state index in [0.717, 1.165) is 5.57 Å². The summed E-state index contributed by atoms with van der Waals surface area (Å²) >= 11 is 0. The van der Waals surface area contributed by atoms with E-state index in [9.17, 15) is 5.11 Å². The zero-order chi connectivity index (χ0) is 8.97. The van der Waals surface area contributed by atoms with E-state index in [2.05, 4.69) is 6.58 Å². The molecule has 0 amide bonds. The van der Waals surface area contributed by atoms with Crippen molar-refractivity contribution in [2.75, 3.05) is 6.61 Å². The van der Waals surface area contributed by atoms with Crippen molar-refractivity contribution >= 4 is 17.4 Å². The Morgan fingerprint density at radius 3 is 2.62 bits per heavy atom. The number of benzene rings is 1. The average Bonchev–Trinajstić information content (AvgIpc) is 2.03. The SMILES string of the molecule is C=C(C)COc1ccccc1O.[Al]. The Labute approximate surface area is 89.0 Å². The Kier molecular flexibility index (Phi) is 5.29. The maximum Gasteiger partial charge on any atom is 0.161 e. The monoisotopic (exact) mass is 191 g/mol. The van der Waals surface area contributed by atoms with Gasteiger partial charge in [0, 0.05) is 17.4 Å². The highest BCUT2D eigenvalue weighted by atomic mass is 27.0. The lowest BCUT2D eigenvalue weighted by atomic mass is 10.3. The van der Waals surface area contributed by atoms with Crippen LogP contribution in [-0.2, 0) is 0 Å². The number of ether oxygens (including phenoxy) is 1. The van der Waals surface area contributed by atoms with Crippen molar-refractivity contribution in [1.82, 2.24) is 0 Å². The summed E-state index contributed by atoms with van der Waals surface area (Å²) in [5, 5.41) is 9.27.